The third kappa shape index (κ3) is 22.8. The molecule has 2 rings (SSSR count). The molecule has 0 saturated carbocycles. The number of ether oxygens (including phenoxy) is 1. The summed E-state index contributed by atoms with van der Waals surface area (Å²) in [6.07, 6.45) is 28.9. The first-order chi connectivity index (χ1) is 26.8. The molecule has 1 fully saturated rings. The highest BCUT2D eigenvalue weighted by Gasteiger charge is 2.43. The number of aromatic nitrogens is 1. The summed E-state index contributed by atoms with van der Waals surface area (Å²) in [4.78, 5) is 4.82. The molecule has 1 aromatic heterocycles. The van der Waals surface area contributed by atoms with Crippen LogP contribution in [-0.4, -0.2) is 91.0 Å². The van der Waals surface area contributed by atoms with Crippen LogP contribution in [0.1, 0.15) is 212 Å². The molecule has 1 saturated heterocycles. The maximum Gasteiger partial charge on any atom is 0.183 e. The number of hydrogen-bond donors (Lipinski definition) is 7. The van der Waals surface area contributed by atoms with Gasteiger partial charge in [0.2, 0.25) is 0 Å². The molecule has 0 radical (unpaired) electrons. The van der Waals surface area contributed by atoms with Crippen LogP contribution in [0.4, 0.5) is 5.13 Å². The average Bonchev–Trinajstić information content (AvgIpc) is 3.64. The van der Waals surface area contributed by atoms with Gasteiger partial charge in [0.25, 0.3) is 0 Å². The fraction of sp³-hybridized carbons (Fsp3) is 0.933. The van der Waals surface area contributed by atoms with Crippen molar-refractivity contribution in [2.45, 2.75) is 262 Å². The highest BCUT2D eigenvalue weighted by atomic mass is 32.1. The Labute approximate surface area is 340 Å². The van der Waals surface area contributed by atoms with E-state index in [1.807, 2.05) is 0 Å². The summed E-state index contributed by atoms with van der Waals surface area (Å²) in [7, 11) is 0. The van der Waals surface area contributed by atoms with Crippen LogP contribution in [0.3, 0.4) is 0 Å². The molecule has 0 aromatic carbocycles. The quantitative estimate of drug-likeness (QED) is 0.0326. The first-order valence-corrected chi connectivity index (χ1v) is 24.1. The van der Waals surface area contributed by atoms with Crippen LogP contribution in [-0.2, 0) is 11.2 Å². The molecule has 55 heavy (non-hydrogen) atoms. The molecular formula is C45H86N2O7S. The minimum absolute atomic E-state index is 0.249. The van der Waals surface area contributed by atoms with Gasteiger partial charge in [0.05, 0.1) is 36.7 Å². The molecule has 5 unspecified atom stereocenters. The van der Waals surface area contributed by atoms with Crippen LogP contribution < -0.4 is 5.32 Å². The summed E-state index contributed by atoms with van der Waals surface area (Å²) < 4.78 is 5.75. The first-order valence-electron chi connectivity index (χ1n) is 23.2. The highest BCUT2D eigenvalue weighted by Crippen LogP contribution is 2.28. The Hall–Kier alpha value is -0.850. The average molecular weight is 799 g/mol. The van der Waals surface area contributed by atoms with Crippen molar-refractivity contribution in [2.24, 2.45) is 0 Å². The Kier molecular flexibility index (Phi) is 30.2. The van der Waals surface area contributed by atoms with E-state index in [4.69, 9.17) is 9.72 Å². The van der Waals surface area contributed by atoms with E-state index in [1.54, 1.807) is 0 Å². The zero-order chi connectivity index (χ0) is 39.9. The molecule has 0 amide bonds. The van der Waals surface area contributed by atoms with Gasteiger partial charge in [-0.1, -0.05) is 181 Å². The summed E-state index contributed by atoms with van der Waals surface area (Å²) in [5.41, 5.74) is 1.03. The molecule has 1 aliphatic heterocycles. The van der Waals surface area contributed by atoms with Crippen molar-refractivity contribution in [3.63, 3.8) is 0 Å². The number of nitrogens with zero attached hydrogens (tertiary/aromatic N) is 1. The number of aryl methyl sites for hydroxylation is 1. The van der Waals surface area contributed by atoms with E-state index in [0.717, 1.165) is 37.8 Å². The van der Waals surface area contributed by atoms with Gasteiger partial charge in [-0.2, -0.15) is 0 Å². The van der Waals surface area contributed by atoms with E-state index in [2.05, 4.69) is 24.5 Å². The maximum atomic E-state index is 11.4. The van der Waals surface area contributed by atoms with E-state index >= 15 is 0 Å². The summed E-state index contributed by atoms with van der Waals surface area (Å²) in [6, 6.07) is -0.565. The molecule has 0 spiro atoms. The Morgan fingerprint density at radius 1 is 0.600 bits per heavy atom. The second-order valence-electron chi connectivity index (χ2n) is 16.8. The van der Waals surface area contributed by atoms with E-state index < -0.39 is 55.4 Å². The lowest BCUT2D eigenvalue weighted by Gasteiger charge is -2.40. The van der Waals surface area contributed by atoms with Crippen LogP contribution >= 0.6 is 11.3 Å². The van der Waals surface area contributed by atoms with Gasteiger partial charge in [0.1, 0.15) is 24.4 Å². The van der Waals surface area contributed by atoms with Crippen molar-refractivity contribution in [2.75, 3.05) is 11.9 Å². The van der Waals surface area contributed by atoms with E-state index in [1.165, 1.54) is 159 Å². The van der Waals surface area contributed by atoms with Gasteiger partial charge in [-0.3, -0.25) is 0 Å². The Morgan fingerprint density at radius 2 is 1.04 bits per heavy atom. The van der Waals surface area contributed by atoms with Crippen molar-refractivity contribution in [3.8, 4) is 0 Å². The number of rotatable bonds is 37. The molecule has 9 nitrogen and oxygen atoms in total. The molecule has 1 aliphatic rings. The van der Waals surface area contributed by atoms with E-state index in [-0.39, 0.29) is 6.42 Å². The largest absolute Gasteiger partial charge is 0.394 e. The summed E-state index contributed by atoms with van der Waals surface area (Å²) in [5, 5.41) is 69.4. The molecule has 2 heterocycles. The van der Waals surface area contributed by atoms with Crippen molar-refractivity contribution < 1.29 is 35.4 Å². The topological polar surface area (TPSA) is 156 Å². The summed E-state index contributed by atoms with van der Waals surface area (Å²) in [5.74, 6) is 0. The zero-order valence-corrected chi connectivity index (χ0v) is 36.1. The molecule has 7 N–H and O–H groups in total. The number of hydrogen-bond acceptors (Lipinski definition) is 10. The van der Waals surface area contributed by atoms with Gasteiger partial charge in [0.15, 0.2) is 5.13 Å². The van der Waals surface area contributed by atoms with Crippen molar-refractivity contribution in [1.82, 2.24) is 4.98 Å². The minimum Gasteiger partial charge on any atom is -0.394 e. The maximum absolute atomic E-state index is 11.4. The number of aliphatic hydroxyl groups excluding tert-OH is 6. The smallest absolute Gasteiger partial charge is 0.183 e. The zero-order valence-electron chi connectivity index (χ0n) is 35.3. The number of anilines is 1. The molecule has 1 aromatic rings. The third-order valence-electron chi connectivity index (χ3n) is 11.8. The normalized spacial score (nSPS) is 21.9. The monoisotopic (exact) mass is 799 g/mol. The fourth-order valence-electron chi connectivity index (χ4n) is 8.05. The molecule has 0 bridgehead atoms. The Balaban J connectivity index is 1.75. The number of nitrogens with one attached hydrogen (secondary N) is 1. The molecule has 0 aliphatic carbocycles. The lowest BCUT2D eigenvalue weighted by atomic mass is 9.90. The minimum atomic E-state index is -1.44. The summed E-state index contributed by atoms with van der Waals surface area (Å²) in [6.45, 7) is 4.05. The van der Waals surface area contributed by atoms with E-state index in [0.29, 0.717) is 18.0 Å². The second kappa shape index (κ2) is 33.0. The predicted molar refractivity (Wildman–Crippen MR) is 229 cm³/mol. The Morgan fingerprint density at radius 3 is 1.51 bits per heavy atom. The molecular weight excluding hydrogens is 713 g/mol. The second-order valence-corrected chi connectivity index (χ2v) is 17.6. The predicted octanol–water partition coefficient (Wildman–Crippen LogP) is 9.77. The van der Waals surface area contributed by atoms with Gasteiger partial charge in [-0.05, 0) is 32.1 Å². The standard InChI is InChI=1S/C45H86N2O7S/c1-3-5-7-9-11-13-15-17-18-19-20-22-24-26-28-30-36-35-55-45(46-36)47-37(32-33-39-42(51)44(53)43(52)40(34-48)54-39)41(50)38(49)31-29-27-25-23-21-16-14-12-10-8-6-4-2/h35,37-44,48-53H,3-34H2,1-2H3,(H,46,47)/t37-,38-,39?,40?,41-,42?,43?,44?/m0/s1. The van der Waals surface area contributed by atoms with Gasteiger partial charge < -0.3 is 40.7 Å². The van der Waals surface area contributed by atoms with Crippen LogP contribution in [0.5, 0.6) is 0 Å². The Bertz CT molecular complexity index is 1000. The van der Waals surface area contributed by atoms with E-state index in [9.17, 15) is 30.6 Å². The van der Waals surface area contributed by atoms with Gasteiger partial charge in [0, 0.05) is 5.38 Å². The molecule has 324 valence electrons. The lowest BCUT2D eigenvalue weighted by Crippen LogP contribution is -2.58. The highest BCUT2D eigenvalue weighted by molar-refractivity contribution is 7.13. The van der Waals surface area contributed by atoms with Crippen LogP contribution in [0.25, 0.3) is 0 Å². The van der Waals surface area contributed by atoms with Crippen molar-refractivity contribution >= 4 is 16.5 Å². The molecule has 10 heteroatoms. The summed E-state index contributed by atoms with van der Waals surface area (Å²) >= 11 is 1.50. The van der Waals surface area contributed by atoms with Crippen molar-refractivity contribution in [1.29, 1.82) is 0 Å². The lowest BCUT2D eigenvalue weighted by molar-refractivity contribution is -0.230. The first kappa shape index (κ1) is 50.3. The third-order valence-corrected chi connectivity index (χ3v) is 12.6. The molecule has 8 atom stereocenters. The van der Waals surface area contributed by atoms with Crippen LogP contribution in [0.2, 0.25) is 0 Å². The number of aliphatic hydroxyl groups is 6. The number of unbranched alkanes of at least 4 members (excludes halogenated alkanes) is 25. The van der Waals surface area contributed by atoms with Gasteiger partial charge >= 0.3 is 0 Å². The van der Waals surface area contributed by atoms with Crippen LogP contribution in [0, 0.1) is 0 Å². The van der Waals surface area contributed by atoms with Gasteiger partial charge in [-0.25, -0.2) is 4.98 Å². The fourth-order valence-corrected chi connectivity index (χ4v) is 8.85. The van der Waals surface area contributed by atoms with Crippen LogP contribution in [0.15, 0.2) is 5.38 Å². The number of thiazole rings is 1. The SMILES string of the molecule is CCCCCCCCCCCCCCCCCc1csc(N[C@@H](CCC2OC(CO)C(O)C(O)C2O)[C@H](O)[C@@H](O)CCCCCCCCCCCCCC)n1. The van der Waals surface area contributed by atoms with Gasteiger partial charge in [-0.15, -0.1) is 11.3 Å². The van der Waals surface area contributed by atoms with Crippen molar-refractivity contribution in [3.05, 3.63) is 11.1 Å².